The summed E-state index contributed by atoms with van der Waals surface area (Å²) >= 11 is 1.13. The number of nitrogens with two attached hydrogens (primary N) is 1. The number of carbonyl (C=O) groups is 3. The summed E-state index contributed by atoms with van der Waals surface area (Å²) < 4.78 is 5.33. The zero-order chi connectivity index (χ0) is 28.2. The molecule has 208 valence electrons. The molecule has 0 aromatic heterocycles. The van der Waals surface area contributed by atoms with Crippen LogP contribution in [0.15, 0.2) is 60.7 Å². The van der Waals surface area contributed by atoms with E-state index in [4.69, 9.17) is 15.9 Å². The Labute approximate surface area is 232 Å². The van der Waals surface area contributed by atoms with Gasteiger partial charge in [0.25, 0.3) is 0 Å². The highest BCUT2D eigenvalue weighted by Crippen LogP contribution is 2.21. The van der Waals surface area contributed by atoms with Crippen LogP contribution in [0.1, 0.15) is 31.2 Å². The molecule has 1 saturated heterocycles. The van der Waals surface area contributed by atoms with Gasteiger partial charge in [0.05, 0.1) is 5.94 Å². The van der Waals surface area contributed by atoms with Crippen LogP contribution < -0.4 is 21.1 Å². The minimum absolute atomic E-state index is 0.0356. The highest BCUT2D eigenvalue weighted by atomic mass is 32.2. The van der Waals surface area contributed by atoms with Gasteiger partial charge < -0.3 is 36.1 Å². The van der Waals surface area contributed by atoms with Crippen molar-refractivity contribution in [1.29, 1.82) is 5.41 Å². The van der Waals surface area contributed by atoms with Crippen LogP contribution in [-0.2, 0) is 16.0 Å². The van der Waals surface area contributed by atoms with Crippen LogP contribution >= 0.6 is 11.8 Å². The summed E-state index contributed by atoms with van der Waals surface area (Å²) in [7, 11) is -1.79. The van der Waals surface area contributed by atoms with E-state index < -0.39 is 43.1 Å². The molecule has 0 saturated carbocycles. The maximum absolute atomic E-state index is 13.7. The standard InChI is InChI=1S/C26H34BN5O6S/c28-25(29)39-16-8-14-22(27(36)37)31-23(33)21-13-7-15-32(21)24(34)20(17-18-9-3-1-4-10-18)30-26(35)38-19-11-5-2-6-12-19/h1-6,9-12,20-22,36-37H,7-8,13-17H2,(H3,28,29)(H,30,35)(H,31,33)/t20-,21+,22+/m1/s1. The fourth-order valence-corrected chi connectivity index (χ4v) is 4.91. The maximum atomic E-state index is 13.7. The molecule has 3 atom stereocenters. The molecule has 11 nitrogen and oxygen atoms in total. The van der Waals surface area contributed by atoms with Crippen molar-refractivity contribution in [1.82, 2.24) is 15.5 Å². The Balaban J connectivity index is 1.69. The van der Waals surface area contributed by atoms with Crippen molar-refractivity contribution in [2.45, 2.75) is 50.1 Å². The topological polar surface area (TPSA) is 178 Å². The van der Waals surface area contributed by atoms with Gasteiger partial charge in [0.15, 0.2) is 5.17 Å². The van der Waals surface area contributed by atoms with Crippen molar-refractivity contribution in [2.75, 3.05) is 12.3 Å². The van der Waals surface area contributed by atoms with E-state index in [9.17, 15) is 24.4 Å². The molecule has 2 aromatic carbocycles. The maximum Gasteiger partial charge on any atom is 0.475 e. The monoisotopic (exact) mass is 555 g/mol. The zero-order valence-corrected chi connectivity index (χ0v) is 22.3. The molecule has 2 aromatic rings. The van der Waals surface area contributed by atoms with Crippen molar-refractivity contribution >= 4 is 42.0 Å². The van der Waals surface area contributed by atoms with Crippen LogP contribution in [0.2, 0.25) is 0 Å². The van der Waals surface area contributed by atoms with Crippen molar-refractivity contribution in [3.63, 3.8) is 0 Å². The summed E-state index contributed by atoms with van der Waals surface area (Å²) in [4.78, 5) is 41.0. The lowest BCUT2D eigenvalue weighted by Crippen LogP contribution is -2.57. The third-order valence-corrected chi connectivity index (χ3v) is 7.07. The first-order valence-electron chi connectivity index (χ1n) is 12.8. The second kappa shape index (κ2) is 15.1. The van der Waals surface area contributed by atoms with Gasteiger partial charge in [-0.1, -0.05) is 60.3 Å². The summed E-state index contributed by atoms with van der Waals surface area (Å²) in [6.45, 7) is 0.319. The van der Waals surface area contributed by atoms with Crippen LogP contribution in [0.5, 0.6) is 5.75 Å². The number of carbonyl (C=O) groups excluding carboxylic acids is 3. The number of likely N-dealkylation sites (tertiary alicyclic amines) is 1. The summed E-state index contributed by atoms with van der Waals surface area (Å²) in [6.07, 6.45) is 1.14. The first kappa shape index (κ1) is 30.0. The lowest BCUT2D eigenvalue weighted by Gasteiger charge is -2.30. The molecule has 0 radical (unpaired) electrons. The highest BCUT2D eigenvalue weighted by molar-refractivity contribution is 8.13. The Morgan fingerprint density at radius 3 is 2.41 bits per heavy atom. The summed E-state index contributed by atoms with van der Waals surface area (Å²) in [5, 5.41) is 32.1. The Hall–Kier alpha value is -3.55. The SMILES string of the molecule is N=C(N)SCCC[C@H](NC(=O)[C@@H]1CCCN1C(=O)[C@@H](Cc1ccccc1)NC(=O)Oc1ccccc1)B(O)O. The van der Waals surface area contributed by atoms with E-state index in [2.05, 4.69) is 10.6 Å². The summed E-state index contributed by atoms with van der Waals surface area (Å²) in [5.74, 6) is -1.05. The highest BCUT2D eigenvalue weighted by Gasteiger charge is 2.39. The lowest BCUT2D eigenvalue weighted by molar-refractivity contribution is -0.140. The van der Waals surface area contributed by atoms with Gasteiger partial charge >= 0.3 is 13.2 Å². The van der Waals surface area contributed by atoms with Gasteiger partial charge in [0.1, 0.15) is 17.8 Å². The summed E-state index contributed by atoms with van der Waals surface area (Å²) in [5.41, 5.74) is 6.15. The molecule has 0 aliphatic carbocycles. The van der Waals surface area contributed by atoms with Crippen LogP contribution in [-0.4, -0.2) is 75.5 Å². The molecule has 0 spiro atoms. The Morgan fingerprint density at radius 1 is 1.10 bits per heavy atom. The quantitative estimate of drug-likeness (QED) is 0.0982. The van der Waals surface area contributed by atoms with Crippen LogP contribution in [0.25, 0.3) is 0 Å². The van der Waals surface area contributed by atoms with Gasteiger partial charge in [0.2, 0.25) is 11.8 Å². The van der Waals surface area contributed by atoms with Gasteiger partial charge in [-0.3, -0.25) is 15.0 Å². The molecule has 1 aliphatic heterocycles. The predicted molar refractivity (Wildman–Crippen MR) is 150 cm³/mol. The number of nitrogens with one attached hydrogen (secondary N) is 3. The molecule has 1 aliphatic rings. The normalized spacial score (nSPS) is 16.2. The zero-order valence-electron chi connectivity index (χ0n) is 21.5. The number of hydrogen-bond donors (Lipinski definition) is 6. The molecule has 0 unspecified atom stereocenters. The van der Waals surface area contributed by atoms with E-state index in [1.54, 1.807) is 30.3 Å². The Morgan fingerprint density at radius 2 is 1.77 bits per heavy atom. The van der Waals surface area contributed by atoms with Crippen LogP contribution in [0, 0.1) is 5.41 Å². The number of ether oxygens (including phenoxy) is 1. The molecule has 1 fully saturated rings. The minimum atomic E-state index is -1.79. The molecule has 3 rings (SSSR count). The predicted octanol–water partition coefficient (Wildman–Crippen LogP) is 1.28. The number of amides is 3. The second-order valence-electron chi connectivity index (χ2n) is 9.16. The van der Waals surface area contributed by atoms with E-state index >= 15 is 0 Å². The fourth-order valence-electron chi connectivity index (χ4n) is 4.38. The van der Waals surface area contributed by atoms with E-state index in [0.717, 1.165) is 17.3 Å². The number of hydrogen-bond acceptors (Lipinski definition) is 8. The fraction of sp³-hybridized carbons (Fsp3) is 0.385. The van der Waals surface area contributed by atoms with E-state index in [1.165, 1.54) is 4.90 Å². The van der Waals surface area contributed by atoms with Gasteiger partial charge in [-0.05, 0) is 43.4 Å². The van der Waals surface area contributed by atoms with Crippen molar-refractivity contribution in [2.24, 2.45) is 5.73 Å². The molecule has 7 N–H and O–H groups in total. The van der Waals surface area contributed by atoms with E-state index in [0.29, 0.717) is 37.3 Å². The average molecular weight is 555 g/mol. The van der Waals surface area contributed by atoms with Gasteiger partial charge in [-0.2, -0.15) is 0 Å². The smallest absolute Gasteiger partial charge is 0.426 e. The summed E-state index contributed by atoms with van der Waals surface area (Å²) in [6, 6.07) is 15.9. The number of thioether (sulfide) groups is 1. The van der Waals surface area contributed by atoms with Crippen LogP contribution in [0.4, 0.5) is 4.79 Å². The third-order valence-electron chi connectivity index (χ3n) is 6.27. The number of rotatable bonds is 12. The van der Waals surface area contributed by atoms with Crippen LogP contribution in [0.3, 0.4) is 0 Å². The molecule has 13 heteroatoms. The van der Waals surface area contributed by atoms with E-state index in [1.807, 2.05) is 30.3 Å². The average Bonchev–Trinajstić information content (AvgIpc) is 3.40. The van der Waals surface area contributed by atoms with E-state index in [-0.39, 0.29) is 18.0 Å². The molecule has 0 bridgehead atoms. The Bertz CT molecular complexity index is 1110. The number of nitrogens with zero attached hydrogens (tertiary/aromatic N) is 1. The first-order valence-corrected chi connectivity index (χ1v) is 13.7. The molecule has 3 amide bonds. The minimum Gasteiger partial charge on any atom is -0.426 e. The van der Waals surface area contributed by atoms with Gasteiger partial charge in [-0.15, -0.1) is 0 Å². The third kappa shape index (κ3) is 9.61. The molecule has 1 heterocycles. The van der Waals surface area contributed by atoms with Crippen molar-refractivity contribution < 1.29 is 29.2 Å². The van der Waals surface area contributed by atoms with Gasteiger partial charge in [-0.25, -0.2) is 4.79 Å². The molecule has 39 heavy (non-hydrogen) atoms. The first-order chi connectivity index (χ1) is 18.7. The largest absolute Gasteiger partial charge is 0.475 e. The molecular formula is C26H34BN5O6S. The number of para-hydroxylation sites is 1. The van der Waals surface area contributed by atoms with Gasteiger partial charge in [0, 0.05) is 18.7 Å². The number of benzene rings is 2. The Kier molecular flexibility index (Phi) is 11.7. The second-order valence-corrected chi connectivity index (χ2v) is 10.3. The molecular weight excluding hydrogens is 521 g/mol. The van der Waals surface area contributed by atoms with Crippen molar-refractivity contribution in [3.8, 4) is 5.75 Å². The number of amidine groups is 1. The lowest BCUT2D eigenvalue weighted by atomic mass is 9.76. The van der Waals surface area contributed by atoms with Crippen molar-refractivity contribution in [3.05, 3.63) is 66.2 Å².